The minimum atomic E-state index is 0.410. The fourth-order valence-electron chi connectivity index (χ4n) is 2.64. The molecule has 0 bridgehead atoms. The molecule has 104 valence electrons. The maximum absolute atomic E-state index is 11.2. The van der Waals surface area contributed by atoms with Crippen molar-refractivity contribution >= 4 is 5.78 Å². The van der Waals surface area contributed by atoms with Crippen molar-refractivity contribution in [2.24, 2.45) is 0 Å². The number of hydrogen-bond donors (Lipinski definition) is 0. The standard InChI is InChI=1S/C16H23NO2/c1-12-11-16(19-3)13(2)10-14(12)4-7-17-8-5-15(18)6-9-17/h10-11H,4-9H2,1-3H3. The number of hydrogen-bond acceptors (Lipinski definition) is 3. The van der Waals surface area contributed by atoms with Crippen molar-refractivity contribution in [3.05, 3.63) is 28.8 Å². The molecule has 3 nitrogen and oxygen atoms in total. The van der Waals surface area contributed by atoms with Crippen LogP contribution in [0, 0.1) is 13.8 Å². The first kappa shape index (κ1) is 14.1. The molecule has 1 fully saturated rings. The Morgan fingerprint density at radius 2 is 1.84 bits per heavy atom. The SMILES string of the molecule is COc1cc(C)c(CCN2CCC(=O)CC2)cc1C. The fraction of sp³-hybridized carbons (Fsp3) is 0.562. The summed E-state index contributed by atoms with van der Waals surface area (Å²) < 4.78 is 5.34. The third-order valence-corrected chi connectivity index (χ3v) is 3.96. The number of Topliss-reactive ketones (excluding diaryl/α,β-unsaturated/α-hetero) is 1. The molecule has 19 heavy (non-hydrogen) atoms. The van der Waals surface area contributed by atoms with Crippen molar-refractivity contribution in [1.82, 2.24) is 4.90 Å². The lowest BCUT2D eigenvalue weighted by molar-refractivity contribution is -0.121. The van der Waals surface area contributed by atoms with E-state index in [4.69, 9.17) is 4.74 Å². The Morgan fingerprint density at radius 3 is 2.47 bits per heavy atom. The Bertz CT molecular complexity index is 458. The first-order valence-corrected chi connectivity index (χ1v) is 6.98. The highest BCUT2D eigenvalue weighted by molar-refractivity contribution is 5.79. The molecule has 0 saturated carbocycles. The van der Waals surface area contributed by atoms with Gasteiger partial charge in [0.1, 0.15) is 11.5 Å². The summed E-state index contributed by atoms with van der Waals surface area (Å²) in [6, 6.07) is 4.34. The van der Waals surface area contributed by atoms with Gasteiger partial charge < -0.3 is 9.64 Å². The molecule has 1 aromatic carbocycles. The zero-order valence-corrected chi connectivity index (χ0v) is 12.2. The van der Waals surface area contributed by atoms with Crippen LogP contribution in [0.2, 0.25) is 0 Å². The molecular formula is C16H23NO2. The van der Waals surface area contributed by atoms with Gasteiger partial charge in [-0.1, -0.05) is 6.07 Å². The molecule has 0 radical (unpaired) electrons. The molecule has 0 atom stereocenters. The summed E-state index contributed by atoms with van der Waals surface area (Å²) in [5.74, 6) is 1.37. The number of aryl methyl sites for hydroxylation is 2. The number of methoxy groups -OCH3 is 1. The van der Waals surface area contributed by atoms with Crippen LogP contribution in [-0.4, -0.2) is 37.4 Å². The van der Waals surface area contributed by atoms with E-state index in [-0.39, 0.29) is 0 Å². The van der Waals surface area contributed by atoms with E-state index in [0.29, 0.717) is 5.78 Å². The average molecular weight is 261 g/mol. The highest BCUT2D eigenvalue weighted by atomic mass is 16.5. The number of carbonyl (C=O) groups is 1. The largest absolute Gasteiger partial charge is 0.496 e. The maximum Gasteiger partial charge on any atom is 0.135 e. The van der Waals surface area contributed by atoms with Gasteiger partial charge in [0.05, 0.1) is 7.11 Å². The summed E-state index contributed by atoms with van der Waals surface area (Å²) in [7, 11) is 1.71. The molecule has 1 aliphatic rings. The monoisotopic (exact) mass is 261 g/mol. The van der Waals surface area contributed by atoms with Crippen LogP contribution in [0.25, 0.3) is 0 Å². The third-order valence-electron chi connectivity index (χ3n) is 3.96. The van der Waals surface area contributed by atoms with E-state index in [2.05, 4.69) is 30.9 Å². The number of ketones is 1. The lowest BCUT2D eigenvalue weighted by atomic mass is 10.0. The lowest BCUT2D eigenvalue weighted by Gasteiger charge is -2.26. The summed E-state index contributed by atoms with van der Waals surface area (Å²) in [4.78, 5) is 13.6. The summed E-state index contributed by atoms with van der Waals surface area (Å²) in [6.07, 6.45) is 2.49. The quantitative estimate of drug-likeness (QED) is 0.834. The maximum atomic E-state index is 11.2. The van der Waals surface area contributed by atoms with Crippen molar-refractivity contribution in [3.8, 4) is 5.75 Å². The van der Waals surface area contributed by atoms with Crippen molar-refractivity contribution < 1.29 is 9.53 Å². The van der Waals surface area contributed by atoms with E-state index in [1.54, 1.807) is 7.11 Å². The predicted octanol–water partition coefficient (Wildman–Crippen LogP) is 2.52. The summed E-state index contributed by atoms with van der Waals surface area (Å²) in [6.45, 7) is 7.11. The highest BCUT2D eigenvalue weighted by Crippen LogP contribution is 2.23. The molecule has 1 aliphatic heterocycles. The van der Waals surface area contributed by atoms with Gasteiger partial charge in [-0.2, -0.15) is 0 Å². The second kappa shape index (κ2) is 6.20. The van der Waals surface area contributed by atoms with E-state index in [0.717, 1.165) is 44.6 Å². The first-order valence-electron chi connectivity index (χ1n) is 6.98. The van der Waals surface area contributed by atoms with Crippen LogP contribution in [-0.2, 0) is 11.2 Å². The van der Waals surface area contributed by atoms with Gasteiger partial charge in [0, 0.05) is 32.5 Å². The minimum absolute atomic E-state index is 0.410. The molecular weight excluding hydrogens is 238 g/mol. The van der Waals surface area contributed by atoms with Crippen molar-refractivity contribution in [2.45, 2.75) is 33.1 Å². The zero-order valence-electron chi connectivity index (χ0n) is 12.2. The topological polar surface area (TPSA) is 29.5 Å². The number of ether oxygens (including phenoxy) is 1. The van der Waals surface area contributed by atoms with Gasteiger partial charge in [0.15, 0.2) is 0 Å². The molecule has 0 amide bonds. The molecule has 1 aromatic rings. The van der Waals surface area contributed by atoms with Crippen LogP contribution >= 0.6 is 0 Å². The molecule has 0 spiro atoms. The molecule has 0 unspecified atom stereocenters. The lowest BCUT2D eigenvalue weighted by Crippen LogP contribution is -2.35. The second-order valence-corrected chi connectivity index (χ2v) is 5.38. The van der Waals surface area contributed by atoms with E-state index < -0.39 is 0 Å². The average Bonchev–Trinajstić information content (AvgIpc) is 2.41. The Hall–Kier alpha value is -1.35. The van der Waals surface area contributed by atoms with Gasteiger partial charge in [-0.05, 0) is 43.0 Å². The summed E-state index contributed by atoms with van der Waals surface area (Å²) in [5, 5.41) is 0. The first-order chi connectivity index (χ1) is 9.10. The Balaban J connectivity index is 1.96. The van der Waals surface area contributed by atoms with Crippen LogP contribution < -0.4 is 4.74 Å². The van der Waals surface area contributed by atoms with Crippen LogP contribution in [0.5, 0.6) is 5.75 Å². The molecule has 0 N–H and O–H groups in total. The number of carbonyl (C=O) groups excluding carboxylic acids is 1. The van der Waals surface area contributed by atoms with E-state index >= 15 is 0 Å². The fourth-order valence-corrected chi connectivity index (χ4v) is 2.64. The van der Waals surface area contributed by atoms with E-state index in [9.17, 15) is 4.79 Å². The molecule has 1 saturated heterocycles. The highest BCUT2D eigenvalue weighted by Gasteiger charge is 2.16. The van der Waals surface area contributed by atoms with Crippen LogP contribution in [0.1, 0.15) is 29.5 Å². The van der Waals surface area contributed by atoms with Gasteiger partial charge >= 0.3 is 0 Å². The number of nitrogens with zero attached hydrogens (tertiary/aromatic N) is 1. The number of benzene rings is 1. The van der Waals surface area contributed by atoms with Crippen molar-refractivity contribution in [1.29, 1.82) is 0 Å². The van der Waals surface area contributed by atoms with Crippen LogP contribution in [0.3, 0.4) is 0 Å². The van der Waals surface area contributed by atoms with E-state index in [1.807, 2.05) is 0 Å². The Labute approximate surface area is 115 Å². The number of rotatable bonds is 4. The molecule has 1 heterocycles. The smallest absolute Gasteiger partial charge is 0.135 e. The summed E-state index contributed by atoms with van der Waals surface area (Å²) >= 11 is 0. The van der Waals surface area contributed by atoms with Gasteiger partial charge in [0.25, 0.3) is 0 Å². The molecule has 2 rings (SSSR count). The van der Waals surface area contributed by atoms with Gasteiger partial charge in [-0.15, -0.1) is 0 Å². The Morgan fingerprint density at radius 1 is 1.16 bits per heavy atom. The molecule has 0 aliphatic carbocycles. The van der Waals surface area contributed by atoms with E-state index in [1.165, 1.54) is 16.7 Å². The Kier molecular flexibility index (Phi) is 4.59. The second-order valence-electron chi connectivity index (χ2n) is 5.38. The van der Waals surface area contributed by atoms with Gasteiger partial charge in [-0.25, -0.2) is 0 Å². The van der Waals surface area contributed by atoms with Gasteiger partial charge in [-0.3, -0.25) is 4.79 Å². The molecule has 3 heteroatoms. The van der Waals surface area contributed by atoms with Crippen molar-refractivity contribution in [3.63, 3.8) is 0 Å². The predicted molar refractivity (Wildman–Crippen MR) is 76.9 cm³/mol. The van der Waals surface area contributed by atoms with Gasteiger partial charge in [0.2, 0.25) is 0 Å². The third kappa shape index (κ3) is 3.57. The van der Waals surface area contributed by atoms with Crippen molar-refractivity contribution in [2.75, 3.05) is 26.7 Å². The molecule has 0 aromatic heterocycles. The van der Waals surface area contributed by atoms with Crippen LogP contribution in [0.4, 0.5) is 0 Å². The summed E-state index contributed by atoms with van der Waals surface area (Å²) in [5.41, 5.74) is 3.86. The van der Waals surface area contributed by atoms with Crippen LogP contribution in [0.15, 0.2) is 12.1 Å². The number of likely N-dealkylation sites (tertiary alicyclic amines) is 1. The zero-order chi connectivity index (χ0) is 13.8. The number of piperidine rings is 1. The minimum Gasteiger partial charge on any atom is -0.496 e. The normalized spacial score (nSPS) is 16.7.